The van der Waals surface area contributed by atoms with Gasteiger partial charge in [-0.05, 0) is 31.7 Å². The predicted molar refractivity (Wildman–Crippen MR) is 125 cm³/mol. The highest BCUT2D eigenvalue weighted by atomic mass is 15.2. The molecule has 1 saturated carbocycles. The van der Waals surface area contributed by atoms with E-state index in [0.717, 1.165) is 53.7 Å². The van der Waals surface area contributed by atoms with E-state index < -0.39 is 0 Å². The minimum Gasteiger partial charge on any atom is -0.355 e. The molecule has 0 atom stereocenters. The normalized spacial score (nSPS) is 18.1. The smallest absolute Gasteiger partial charge is 0.230 e. The summed E-state index contributed by atoms with van der Waals surface area (Å²) < 4.78 is 2.35. The number of piperidine rings is 1. The van der Waals surface area contributed by atoms with Gasteiger partial charge < -0.3 is 20.5 Å². The van der Waals surface area contributed by atoms with E-state index in [1.54, 1.807) is 12.4 Å². The summed E-state index contributed by atoms with van der Waals surface area (Å²) in [6.45, 7) is 1.84. The third-order valence-electron chi connectivity index (χ3n) is 6.78. The topological polar surface area (TPSA) is 111 Å². The molecule has 1 aliphatic heterocycles. The number of hydrogen-bond acceptors (Lipinski definition) is 8. The number of nitrogens with zero attached hydrogens (tertiary/aromatic N) is 7. The number of pyridine rings is 1. The van der Waals surface area contributed by atoms with Crippen LogP contribution in [0.15, 0.2) is 37.1 Å². The lowest BCUT2D eigenvalue weighted by Crippen LogP contribution is -2.40. The molecule has 1 saturated heterocycles. The number of rotatable bonds is 4. The number of anilines is 3. The fourth-order valence-electron chi connectivity index (χ4n) is 5.05. The van der Waals surface area contributed by atoms with E-state index in [9.17, 15) is 0 Å². The maximum absolute atomic E-state index is 6.01. The Hall–Kier alpha value is -3.33. The average Bonchev–Trinajstić information content (AvgIpc) is 3.46. The van der Waals surface area contributed by atoms with Gasteiger partial charge in [0.1, 0.15) is 11.5 Å². The van der Waals surface area contributed by atoms with Crippen molar-refractivity contribution in [3.05, 3.63) is 37.1 Å². The molecule has 9 heteroatoms. The average molecular weight is 430 g/mol. The first-order valence-electron chi connectivity index (χ1n) is 11.5. The summed E-state index contributed by atoms with van der Waals surface area (Å²) in [5.74, 6) is 2.04. The van der Waals surface area contributed by atoms with Crippen molar-refractivity contribution in [2.45, 2.75) is 50.6 Å². The van der Waals surface area contributed by atoms with Crippen LogP contribution in [0.2, 0.25) is 0 Å². The maximum atomic E-state index is 6.01. The Balaban J connectivity index is 1.30. The SMILES string of the molecule is NC1CCN(c2cnc(Nc3ncc4c5ccncc5n(C5CCCC5)c4n3)cn2)CC1. The summed E-state index contributed by atoms with van der Waals surface area (Å²) >= 11 is 0. The first-order valence-corrected chi connectivity index (χ1v) is 11.5. The quantitative estimate of drug-likeness (QED) is 0.507. The fourth-order valence-corrected chi connectivity index (χ4v) is 5.05. The molecule has 1 aliphatic carbocycles. The molecule has 0 unspecified atom stereocenters. The molecular weight excluding hydrogens is 402 g/mol. The second-order valence-corrected chi connectivity index (χ2v) is 8.84. The molecule has 0 amide bonds. The summed E-state index contributed by atoms with van der Waals surface area (Å²) in [4.78, 5) is 25.2. The standard InChI is InChI=1S/C23H27N9/c24-15-6-9-31(10-7-15)21-14-26-20(13-27-21)29-23-28-11-18-17-5-8-25-12-19(17)32(22(18)30-23)16-3-1-2-4-16/h5,8,11-16H,1-4,6-7,9-10,24H2,(H,26,28,29,30). The number of nitrogens with one attached hydrogen (secondary N) is 1. The lowest BCUT2D eigenvalue weighted by atomic mass is 10.1. The van der Waals surface area contributed by atoms with Gasteiger partial charge in [-0.1, -0.05) is 12.8 Å². The first-order chi connectivity index (χ1) is 15.8. The molecule has 0 spiro atoms. The van der Waals surface area contributed by atoms with Crippen LogP contribution in [-0.4, -0.2) is 48.6 Å². The minimum absolute atomic E-state index is 0.294. The molecule has 0 bridgehead atoms. The van der Waals surface area contributed by atoms with Crippen LogP contribution in [0.3, 0.4) is 0 Å². The summed E-state index contributed by atoms with van der Waals surface area (Å²) in [5.41, 5.74) is 8.09. The Morgan fingerprint density at radius 3 is 2.53 bits per heavy atom. The highest BCUT2D eigenvalue weighted by Gasteiger charge is 2.23. The van der Waals surface area contributed by atoms with Crippen molar-refractivity contribution in [2.24, 2.45) is 5.73 Å². The molecule has 2 fully saturated rings. The van der Waals surface area contributed by atoms with Crippen LogP contribution in [0.1, 0.15) is 44.6 Å². The van der Waals surface area contributed by atoms with Gasteiger partial charge in [0, 0.05) is 48.3 Å². The van der Waals surface area contributed by atoms with Gasteiger partial charge in [-0.15, -0.1) is 0 Å². The van der Waals surface area contributed by atoms with Crippen molar-refractivity contribution < 1.29 is 0 Å². The number of hydrogen-bond donors (Lipinski definition) is 2. The molecule has 3 N–H and O–H groups in total. The number of aromatic nitrogens is 6. The van der Waals surface area contributed by atoms with Crippen molar-refractivity contribution >= 4 is 39.5 Å². The van der Waals surface area contributed by atoms with Crippen LogP contribution in [0.5, 0.6) is 0 Å². The fraction of sp³-hybridized carbons (Fsp3) is 0.435. The zero-order valence-corrected chi connectivity index (χ0v) is 18.0. The second kappa shape index (κ2) is 7.98. The van der Waals surface area contributed by atoms with E-state index >= 15 is 0 Å². The monoisotopic (exact) mass is 429 g/mol. The molecule has 32 heavy (non-hydrogen) atoms. The van der Waals surface area contributed by atoms with Crippen molar-refractivity contribution in [3.63, 3.8) is 0 Å². The van der Waals surface area contributed by atoms with Crippen molar-refractivity contribution in [1.29, 1.82) is 0 Å². The largest absolute Gasteiger partial charge is 0.355 e. The van der Waals surface area contributed by atoms with Gasteiger partial charge in [-0.25, -0.2) is 15.0 Å². The Kier molecular flexibility index (Phi) is 4.83. The van der Waals surface area contributed by atoms with E-state index in [4.69, 9.17) is 10.7 Å². The van der Waals surface area contributed by atoms with E-state index in [-0.39, 0.29) is 0 Å². The molecule has 9 nitrogen and oxygen atoms in total. The molecule has 164 valence electrons. The van der Waals surface area contributed by atoms with E-state index in [1.165, 1.54) is 25.7 Å². The van der Waals surface area contributed by atoms with Gasteiger partial charge in [-0.3, -0.25) is 4.98 Å². The number of fused-ring (bicyclic) bond motifs is 3. The molecule has 5 heterocycles. The van der Waals surface area contributed by atoms with Crippen molar-refractivity contribution in [2.75, 3.05) is 23.3 Å². The molecule has 0 aromatic carbocycles. The van der Waals surface area contributed by atoms with Crippen molar-refractivity contribution in [3.8, 4) is 0 Å². The van der Waals surface area contributed by atoms with E-state index in [1.807, 2.05) is 18.6 Å². The molecular formula is C23H27N9. The lowest BCUT2D eigenvalue weighted by Gasteiger charge is -2.30. The maximum Gasteiger partial charge on any atom is 0.230 e. The van der Waals surface area contributed by atoms with Crippen LogP contribution in [-0.2, 0) is 0 Å². The Labute approximate surface area is 186 Å². The van der Waals surface area contributed by atoms with Crippen LogP contribution >= 0.6 is 0 Å². The number of nitrogens with two attached hydrogens (primary N) is 1. The van der Waals surface area contributed by atoms with Crippen LogP contribution in [0.25, 0.3) is 21.9 Å². The third kappa shape index (κ3) is 3.42. The third-order valence-corrected chi connectivity index (χ3v) is 6.78. The highest BCUT2D eigenvalue weighted by molar-refractivity contribution is 6.06. The van der Waals surface area contributed by atoms with Gasteiger partial charge in [-0.2, -0.15) is 4.98 Å². The molecule has 2 aliphatic rings. The Bertz CT molecular complexity index is 1240. The first kappa shape index (κ1) is 19.4. The van der Waals surface area contributed by atoms with Crippen molar-refractivity contribution in [1.82, 2.24) is 29.5 Å². The summed E-state index contributed by atoms with van der Waals surface area (Å²) in [6, 6.07) is 2.80. The highest BCUT2D eigenvalue weighted by Crippen LogP contribution is 2.37. The van der Waals surface area contributed by atoms with Crippen LogP contribution in [0, 0.1) is 0 Å². The molecule has 0 radical (unpaired) electrons. The predicted octanol–water partition coefficient (Wildman–Crippen LogP) is 3.56. The Morgan fingerprint density at radius 2 is 1.75 bits per heavy atom. The van der Waals surface area contributed by atoms with Gasteiger partial charge in [0.15, 0.2) is 5.82 Å². The molecule has 4 aromatic heterocycles. The van der Waals surface area contributed by atoms with Crippen LogP contribution in [0.4, 0.5) is 17.6 Å². The van der Waals surface area contributed by atoms with Gasteiger partial charge in [0.2, 0.25) is 5.95 Å². The zero-order chi connectivity index (χ0) is 21.5. The van der Waals surface area contributed by atoms with Gasteiger partial charge >= 0.3 is 0 Å². The minimum atomic E-state index is 0.294. The zero-order valence-electron chi connectivity index (χ0n) is 18.0. The Morgan fingerprint density at radius 1 is 0.906 bits per heavy atom. The molecule has 4 aromatic rings. The lowest BCUT2D eigenvalue weighted by molar-refractivity contribution is 0.498. The van der Waals surface area contributed by atoms with Gasteiger partial charge in [0.05, 0.1) is 24.1 Å². The summed E-state index contributed by atoms with van der Waals surface area (Å²) in [6.07, 6.45) is 16.1. The summed E-state index contributed by atoms with van der Waals surface area (Å²) in [7, 11) is 0. The summed E-state index contributed by atoms with van der Waals surface area (Å²) in [5, 5.41) is 5.44. The van der Waals surface area contributed by atoms with Crippen LogP contribution < -0.4 is 16.0 Å². The van der Waals surface area contributed by atoms with E-state index in [2.05, 4.69) is 40.8 Å². The second-order valence-electron chi connectivity index (χ2n) is 8.84. The van der Waals surface area contributed by atoms with E-state index in [0.29, 0.717) is 23.8 Å². The van der Waals surface area contributed by atoms with Gasteiger partial charge in [0.25, 0.3) is 0 Å². The molecule has 6 rings (SSSR count).